The van der Waals surface area contributed by atoms with Crippen molar-refractivity contribution in [3.63, 3.8) is 0 Å². The summed E-state index contributed by atoms with van der Waals surface area (Å²) in [5, 5.41) is 16.7. The monoisotopic (exact) mass is 515 g/mol. The number of benzene rings is 1. The van der Waals surface area contributed by atoms with Gasteiger partial charge in [0.05, 0.1) is 42.7 Å². The molecule has 38 heavy (non-hydrogen) atoms. The standard InChI is InChI=1S/C28H30FN7O2/c1-3-25-26(32-22-10-8-21(9-11-22)7-5-4-6-20(2)37)13-12-23(33-25)18-31-35-28-30-19-24(29)27(34-28)36-14-16-38-17-15-36/h4-13,18-19,32,37H,2-3,14-17H2,1H3,(H,30,34,35)/b6-4-,7-5+,31-18+. The summed E-state index contributed by atoms with van der Waals surface area (Å²) >= 11 is 0. The normalized spacial score (nSPS) is 14.0. The van der Waals surface area contributed by atoms with Crippen LogP contribution in [0.25, 0.3) is 6.08 Å². The number of morpholine rings is 1. The number of rotatable bonds is 10. The highest BCUT2D eigenvalue weighted by Gasteiger charge is 2.17. The van der Waals surface area contributed by atoms with E-state index in [0.717, 1.165) is 35.2 Å². The number of ether oxygens (including phenoxy) is 1. The maximum Gasteiger partial charge on any atom is 0.245 e. The Morgan fingerprint density at radius 2 is 1.95 bits per heavy atom. The lowest BCUT2D eigenvalue weighted by Crippen LogP contribution is -2.37. The summed E-state index contributed by atoms with van der Waals surface area (Å²) in [6.45, 7) is 7.65. The number of aromatic nitrogens is 3. The van der Waals surface area contributed by atoms with Gasteiger partial charge in [-0.2, -0.15) is 10.1 Å². The molecule has 0 bridgehead atoms. The van der Waals surface area contributed by atoms with E-state index in [0.29, 0.717) is 32.0 Å². The fraction of sp³-hybridized carbons (Fsp3) is 0.214. The van der Waals surface area contributed by atoms with Gasteiger partial charge in [-0.3, -0.25) is 0 Å². The number of nitrogens with zero attached hydrogens (tertiary/aromatic N) is 5. The predicted octanol–water partition coefficient (Wildman–Crippen LogP) is 5.24. The van der Waals surface area contributed by atoms with E-state index in [1.165, 1.54) is 6.08 Å². The van der Waals surface area contributed by atoms with Crippen LogP contribution in [0.5, 0.6) is 0 Å². The number of hydrogen-bond donors (Lipinski definition) is 3. The first kappa shape index (κ1) is 26.5. The van der Waals surface area contributed by atoms with Crippen LogP contribution in [0.15, 0.2) is 78.3 Å². The maximum absolute atomic E-state index is 14.2. The number of hydrazone groups is 1. The number of allylic oxidation sites excluding steroid dienone is 3. The van der Waals surface area contributed by atoms with Gasteiger partial charge < -0.3 is 20.1 Å². The van der Waals surface area contributed by atoms with Crippen LogP contribution in [-0.2, 0) is 11.2 Å². The molecule has 196 valence electrons. The number of aryl methyl sites for hydroxylation is 1. The van der Waals surface area contributed by atoms with Crippen LogP contribution in [0.2, 0.25) is 0 Å². The molecule has 1 fully saturated rings. The molecule has 3 aromatic rings. The van der Waals surface area contributed by atoms with Gasteiger partial charge in [-0.05, 0) is 42.3 Å². The minimum atomic E-state index is -0.480. The highest BCUT2D eigenvalue weighted by molar-refractivity contribution is 5.79. The summed E-state index contributed by atoms with van der Waals surface area (Å²) in [6.07, 6.45) is 10.5. The van der Waals surface area contributed by atoms with Crippen LogP contribution in [0.1, 0.15) is 23.9 Å². The van der Waals surface area contributed by atoms with Crippen molar-refractivity contribution in [3.05, 3.63) is 95.9 Å². The van der Waals surface area contributed by atoms with E-state index in [-0.39, 0.29) is 17.5 Å². The topological polar surface area (TPSA) is 108 Å². The molecule has 1 saturated heterocycles. The molecule has 3 heterocycles. The fourth-order valence-electron chi connectivity index (χ4n) is 3.70. The van der Waals surface area contributed by atoms with E-state index >= 15 is 0 Å². The first-order valence-electron chi connectivity index (χ1n) is 12.3. The second-order valence-electron chi connectivity index (χ2n) is 8.38. The Labute approximate surface area is 221 Å². The number of anilines is 4. The average molecular weight is 516 g/mol. The van der Waals surface area contributed by atoms with Gasteiger partial charge in [0, 0.05) is 18.8 Å². The Balaban J connectivity index is 1.38. The van der Waals surface area contributed by atoms with Gasteiger partial charge in [-0.25, -0.2) is 19.8 Å². The molecule has 3 N–H and O–H groups in total. The van der Waals surface area contributed by atoms with Crippen LogP contribution in [0.4, 0.5) is 27.5 Å². The van der Waals surface area contributed by atoms with Crippen molar-refractivity contribution in [1.82, 2.24) is 15.0 Å². The van der Waals surface area contributed by atoms with Gasteiger partial charge in [-0.1, -0.05) is 43.9 Å². The van der Waals surface area contributed by atoms with Gasteiger partial charge in [0.1, 0.15) is 5.76 Å². The summed E-state index contributed by atoms with van der Waals surface area (Å²) < 4.78 is 19.5. The highest BCUT2D eigenvalue weighted by Crippen LogP contribution is 2.22. The molecule has 1 aliphatic rings. The lowest BCUT2D eigenvalue weighted by Gasteiger charge is -2.27. The van der Waals surface area contributed by atoms with E-state index in [9.17, 15) is 4.39 Å². The number of aliphatic hydroxyl groups is 1. The summed E-state index contributed by atoms with van der Waals surface area (Å²) in [4.78, 5) is 14.7. The quantitative estimate of drug-likeness (QED) is 0.146. The van der Waals surface area contributed by atoms with Crippen molar-refractivity contribution in [2.75, 3.05) is 41.9 Å². The van der Waals surface area contributed by atoms with Crippen molar-refractivity contribution >= 4 is 35.4 Å². The Morgan fingerprint density at radius 1 is 1.16 bits per heavy atom. The van der Waals surface area contributed by atoms with E-state index in [4.69, 9.17) is 9.84 Å². The highest BCUT2D eigenvalue weighted by atomic mass is 19.1. The summed E-state index contributed by atoms with van der Waals surface area (Å²) in [5.41, 5.74) is 7.18. The Hall–Kier alpha value is -4.57. The second kappa shape index (κ2) is 13.1. The first-order chi connectivity index (χ1) is 18.5. The molecule has 0 saturated carbocycles. The van der Waals surface area contributed by atoms with Crippen LogP contribution >= 0.6 is 0 Å². The Bertz CT molecular complexity index is 1330. The molecular weight excluding hydrogens is 485 g/mol. The third-order valence-electron chi connectivity index (χ3n) is 5.61. The number of halogens is 1. The molecule has 0 unspecified atom stereocenters. The zero-order chi connectivity index (χ0) is 26.7. The van der Waals surface area contributed by atoms with Crippen molar-refractivity contribution in [1.29, 1.82) is 0 Å². The summed E-state index contributed by atoms with van der Waals surface area (Å²) in [5.74, 6) is -0.0299. The Kier molecular flexibility index (Phi) is 9.14. The molecular formula is C28H30FN7O2. The lowest BCUT2D eigenvalue weighted by atomic mass is 10.1. The largest absolute Gasteiger partial charge is 0.509 e. The average Bonchev–Trinajstić information content (AvgIpc) is 2.94. The van der Waals surface area contributed by atoms with Gasteiger partial charge in [-0.15, -0.1) is 0 Å². The second-order valence-corrected chi connectivity index (χ2v) is 8.38. The molecule has 10 heteroatoms. The van der Waals surface area contributed by atoms with Gasteiger partial charge >= 0.3 is 0 Å². The van der Waals surface area contributed by atoms with Crippen molar-refractivity contribution in [2.24, 2.45) is 5.10 Å². The molecule has 2 aromatic heterocycles. The fourth-order valence-corrected chi connectivity index (χ4v) is 3.70. The van der Waals surface area contributed by atoms with E-state index in [1.54, 1.807) is 12.3 Å². The number of aliphatic hydroxyl groups excluding tert-OH is 1. The Morgan fingerprint density at radius 3 is 2.68 bits per heavy atom. The van der Waals surface area contributed by atoms with Gasteiger partial charge in [0.2, 0.25) is 5.95 Å². The third-order valence-corrected chi connectivity index (χ3v) is 5.61. The molecule has 1 aliphatic heterocycles. The molecule has 0 spiro atoms. The lowest BCUT2D eigenvalue weighted by molar-refractivity contribution is 0.122. The van der Waals surface area contributed by atoms with Crippen molar-refractivity contribution in [3.8, 4) is 0 Å². The van der Waals surface area contributed by atoms with E-state index in [2.05, 4.69) is 37.4 Å². The van der Waals surface area contributed by atoms with Gasteiger partial charge in [0.15, 0.2) is 11.6 Å². The molecule has 0 radical (unpaired) electrons. The van der Waals surface area contributed by atoms with Crippen molar-refractivity contribution in [2.45, 2.75) is 13.3 Å². The van der Waals surface area contributed by atoms with Crippen LogP contribution in [-0.4, -0.2) is 52.6 Å². The smallest absolute Gasteiger partial charge is 0.245 e. The van der Waals surface area contributed by atoms with Gasteiger partial charge in [0.25, 0.3) is 0 Å². The van der Waals surface area contributed by atoms with Crippen molar-refractivity contribution < 1.29 is 14.2 Å². The summed E-state index contributed by atoms with van der Waals surface area (Å²) in [6, 6.07) is 11.8. The molecule has 0 aliphatic carbocycles. The SMILES string of the molecule is C=C(O)/C=C\C=C\c1ccc(Nc2ccc(/C=N/Nc3ncc(F)c(N4CCOCC4)n3)nc2CC)cc1. The molecule has 1 aromatic carbocycles. The molecule has 4 rings (SSSR count). The minimum absolute atomic E-state index is 0.0167. The third kappa shape index (κ3) is 7.47. The number of hydrogen-bond acceptors (Lipinski definition) is 9. The van der Waals surface area contributed by atoms with Crippen LogP contribution in [0.3, 0.4) is 0 Å². The predicted molar refractivity (Wildman–Crippen MR) is 150 cm³/mol. The maximum atomic E-state index is 14.2. The van der Waals surface area contributed by atoms with E-state index in [1.807, 2.05) is 60.4 Å². The van der Waals surface area contributed by atoms with Crippen LogP contribution < -0.4 is 15.6 Å². The van der Waals surface area contributed by atoms with E-state index < -0.39 is 5.82 Å². The number of nitrogens with one attached hydrogen (secondary N) is 2. The molecule has 9 nitrogen and oxygen atoms in total. The summed E-state index contributed by atoms with van der Waals surface area (Å²) in [7, 11) is 0. The van der Waals surface area contributed by atoms with Crippen LogP contribution in [0, 0.1) is 5.82 Å². The first-order valence-corrected chi connectivity index (χ1v) is 12.3. The zero-order valence-corrected chi connectivity index (χ0v) is 21.1. The molecule has 0 amide bonds. The minimum Gasteiger partial charge on any atom is -0.509 e. The molecule has 0 atom stereocenters. The number of pyridine rings is 1. The zero-order valence-electron chi connectivity index (χ0n) is 21.1.